The molecule has 2 N–H and O–H groups in total. The zero-order chi connectivity index (χ0) is 19.6. The summed E-state index contributed by atoms with van der Waals surface area (Å²) in [5.74, 6) is 11.1. The van der Waals surface area contributed by atoms with Crippen LogP contribution in [0.5, 0.6) is 0 Å². The summed E-state index contributed by atoms with van der Waals surface area (Å²) < 4.78 is 0. The van der Waals surface area contributed by atoms with Crippen LogP contribution in [0.25, 0.3) is 0 Å². The third-order valence-corrected chi connectivity index (χ3v) is 3.41. The number of aliphatic hydroxyl groups is 1. The van der Waals surface area contributed by atoms with Crippen molar-refractivity contribution in [3.05, 3.63) is 71.8 Å². The molecule has 2 aromatic carbocycles. The second-order valence-electron chi connectivity index (χ2n) is 6.71. The van der Waals surface area contributed by atoms with E-state index >= 15 is 0 Å². The minimum Gasteiger partial charge on any atom is -0.481 e. The molecule has 0 fully saturated rings. The van der Waals surface area contributed by atoms with Crippen molar-refractivity contribution in [2.24, 2.45) is 5.41 Å². The Balaban J connectivity index is 0.000000765. The summed E-state index contributed by atoms with van der Waals surface area (Å²) in [4.78, 5) is 9.00. The van der Waals surface area contributed by atoms with Crippen molar-refractivity contribution in [3.8, 4) is 23.7 Å². The highest BCUT2D eigenvalue weighted by atomic mass is 16.4. The molecule has 0 unspecified atom stereocenters. The highest BCUT2D eigenvalue weighted by Crippen LogP contribution is 2.29. The Labute approximate surface area is 155 Å². The Kier molecular flexibility index (Phi) is 7.66. The smallest absolute Gasteiger partial charge is 0.300 e. The van der Waals surface area contributed by atoms with Gasteiger partial charge in [-0.05, 0) is 36.1 Å². The Hall–Kier alpha value is -3.01. The summed E-state index contributed by atoms with van der Waals surface area (Å²) in [6, 6.07) is 19.3. The molecule has 0 aromatic heterocycles. The molecule has 0 saturated carbocycles. The summed E-state index contributed by atoms with van der Waals surface area (Å²) in [5.41, 5.74) is -0.117. The van der Waals surface area contributed by atoms with Gasteiger partial charge in [0.05, 0.1) is 0 Å². The molecule has 0 aliphatic heterocycles. The van der Waals surface area contributed by atoms with E-state index in [4.69, 9.17) is 9.90 Å². The van der Waals surface area contributed by atoms with Gasteiger partial charge in [0.2, 0.25) is 0 Å². The van der Waals surface area contributed by atoms with Crippen molar-refractivity contribution >= 4 is 5.97 Å². The fraction of sp³-hybridized carbons (Fsp3) is 0.261. The molecule has 2 aromatic rings. The third-order valence-electron chi connectivity index (χ3n) is 3.41. The molecule has 0 saturated heterocycles. The third kappa shape index (κ3) is 7.26. The number of hydrogen-bond acceptors (Lipinski definition) is 2. The number of carboxylic acids is 1. The van der Waals surface area contributed by atoms with Crippen LogP contribution in [-0.4, -0.2) is 21.8 Å². The predicted octanol–water partition coefficient (Wildman–Crippen LogP) is 3.96. The minimum absolute atomic E-state index is 0.476. The van der Waals surface area contributed by atoms with Gasteiger partial charge in [-0.15, -0.1) is 0 Å². The lowest BCUT2D eigenvalue weighted by Crippen LogP contribution is -2.40. The number of aliphatic carboxylic acids is 1. The van der Waals surface area contributed by atoms with Crippen LogP contribution in [0.4, 0.5) is 0 Å². The van der Waals surface area contributed by atoms with Crippen molar-refractivity contribution in [1.82, 2.24) is 0 Å². The number of carboxylic acid groups (broad SMARTS) is 1. The fourth-order valence-electron chi connectivity index (χ4n) is 1.77. The average Bonchev–Trinajstić information content (AvgIpc) is 2.58. The summed E-state index contributed by atoms with van der Waals surface area (Å²) in [5, 5.41) is 18.3. The van der Waals surface area contributed by atoms with Crippen LogP contribution in [0.1, 0.15) is 38.8 Å². The van der Waals surface area contributed by atoms with E-state index in [1.54, 1.807) is 0 Å². The first kappa shape index (κ1) is 21.0. The fourth-order valence-corrected chi connectivity index (χ4v) is 1.77. The molecular weight excluding hydrogens is 324 g/mol. The molecule has 0 spiro atoms. The lowest BCUT2D eigenvalue weighted by Gasteiger charge is -2.31. The predicted molar refractivity (Wildman–Crippen MR) is 104 cm³/mol. The van der Waals surface area contributed by atoms with Gasteiger partial charge in [0.15, 0.2) is 5.60 Å². The van der Waals surface area contributed by atoms with Crippen molar-refractivity contribution in [2.45, 2.75) is 33.3 Å². The molecule has 0 aliphatic carbocycles. The maximum atomic E-state index is 10.9. The quantitative estimate of drug-likeness (QED) is 0.709. The first-order chi connectivity index (χ1) is 12.1. The molecule has 26 heavy (non-hydrogen) atoms. The van der Waals surface area contributed by atoms with Gasteiger partial charge in [-0.1, -0.05) is 69.0 Å². The van der Waals surface area contributed by atoms with E-state index in [9.17, 15) is 5.11 Å². The molecule has 0 radical (unpaired) electrons. The highest BCUT2D eigenvalue weighted by molar-refractivity contribution is 5.62. The lowest BCUT2D eigenvalue weighted by molar-refractivity contribution is -0.134. The second kappa shape index (κ2) is 9.47. The zero-order valence-corrected chi connectivity index (χ0v) is 15.6. The largest absolute Gasteiger partial charge is 0.481 e. The second-order valence-corrected chi connectivity index (χ2v) is 6.71. The van der Waals surface area contributed by atoms with E-state index in [1.807, 2.05) is 81.4 Å². The van der Waals surface area contributed by atoms with Gasteiger partial charge < -0.3 is 10.2 Å². The van der Waals surface area contributed by atoms with Crippen LogP contribution in [0, 0.1) is 29.1 Å². The van der Waals surface area contributed by atoms with E-state index in [2.05, 4.69) is 23.7 Å². The van der Waals surface area contributed by atoms with Gasteiger partial charge in [0.25, 0.3) is 5.97 Å². The Morgan fingerprint density at radius 2 is 1.12 bits per heavy atom. The van der Waals surface area contributed by atoms with Gasteiger partial charge in [0.1, 0.15) is 0 Å². The Morgan fingerprint density at radius 1 is 0.808 bits per heavy atom. The molecule has 3 nitrogen and oxygen atoms in total. The van der Waals surface area contributed by atoms with Crippen LogP contribution in [0.3, 0.4) is 0 Å². The van der Waals surface area contributed by atoms with E-state index in [-0.39, 0.29) is 0 Å². The topological polar surface area (TPSA) is 57.5 Å². The Bertz CT molecular complexity index is 762. The van der Waals surface area contributed by atoms with Crippen molar-refractivity contribution in [3.63, 3.8) is 0 Å². The molecule has 0 heterocycles. The summed E-state index contributed by atoms with van der Waals surface area (Å²) >= 11 is 0. The van der Waals surface area contributed by atoms with Crippen molar-refractivity contribution in [1.29, 1.82) is 0 Å². The standard InChI is InChI=1S/C21H20O.C2H4O2/c1-20(2,3)21(22,16-14-18-10-6-4-7-11-18)17-15-19-12-8-5-9-13-19;1-2(3)4/h4-13,22H,1-3H3;1H3,(H,3,4). The molecule has 3 heteroatoms. The van der Waals surface area contributed by atoms with Crippen LogP contribution >= 0.6 is 0 Å². The summed E-state index contributed by atoms with van der Waals surface area (Å²) in [7, 11) is 0. The maximum Gasteiger partial charge on any atom is 0.300 e. The Morgan fingerprint density at radius 3 is 1.38 bits per heavy atom. The average molecular weight is 348 g/mol. The lowest BCUT2D eigenvalue weighted by atomic mass is 9.77. The van der Waals surface area contributed by atoms with Gasteiger partial charge in [-0.2, -0.15) is 0 Å². The zero-order valence-electron chi connectivity index (χ0n) is 15.6. The monoisotopic (exact) mass is 348 g/mol. The van der Waals surface area contributed by atoms with Crippen molar-refractivity contribution in [2.75, 3.05) is 0 Å². The molecule has 0 bridgehead atoms. The maximum absolute atomic E-state index is 10.9. The van der Waals surface area contributed by atoms with Crippen LogP contribution in [0.15, 0.2) is 60.7 Å². The number of carbonyl (C=O) groups is 1. The number of benzene rings is 2. The van der Waals surface area contributed by atoms with E-state index in [0.717, 1.165) is 18.1 Å². The minimum atomic E-state index is -1.38. The molecule has 134 valence electrons. The molecule has 0 atom stereocenters. The van der Waals surface area contributed by atoms with E-state index in [0.29, 0.717) is 0 Å². The van der Waals surface area contributed by atoms with Crippen LogP contribution in [0.2, 0.25) is 0 Å². The normalized spacial score (nSPS) is 10.2. The van der Waals surface area contributed by atoms with Gasteiger partial charge in [0, 0.05) is 23.5 Å². The molecule has 0 aliphatic rings. The van der Waals surface area contributed by atoms with Crippen LogP contribution < -0.4 is 0 Å². The van der Waals surface area contributed by atoms with E-state index < -0.39 is 17.0 Å². The highest BCUT2D eigenvalue weighted by Gasteiger charge is 2.37. The SMILES string of the molecule is CC(=O)O.CC(C)(C)C(O)(C#Cc1ccccc1)C#Cc1ccccc1. The molecule has 2 rings (SSSR count). The van der Waals surface area contributed by atoms with Crippen LogP contribution in [-0.2, 0) is 4.79 Å². The first-order valence-electron chi connectivity index (χ1n) is 8.22. The number of rotatable bonds is 0. The van der Waals surface area contributed by atoms with Gasteiger partial charge >= 0.3 is 0 Å². The van der Waals surface area contributed by atoms with E-state index in [1.165, 1.54) is 0 Å². The van der Waals surface area contributed by atoms with Crippen molar-refractivity contribution < 1.29 is 15.0 Å². The molecule has 0 amide bonds. The summed E-state index contributed by atoms with van der Waals surface area (Å²) in [6.07, 6.45) is 0. The number of hydrogen-bond donors (Lipinski definition) is 2. The first-order valence-corrected chi connectivity index (χ1v) is 8.22. The van der Waals surface area contributed by atoms with Gasteiger partial charge in [-0.3, -0.25) is 4.79 Å². The van der Waals surface area contributed by atoms with Gasteiger partial charge in [-0.25, -0.2) is 0 Å². The molecular formula is C23H24O3. The summed E-state index contributed by atoms with van der Waals surface area (Å²) in [6.45, 7) is 6.89.